The van der Waals surface area contributed by atoms with E-state index < -0.39 is 0 Å². The van der Waals surface area contributed by atoms with Crippen LogP contribution in [0.2, 0.25) is 0 Å². The van der Waals surface area contributed by atoms with Gasteiger partial charge in [-0.3, -0.25) is 0 Å². The number of para-hydroxylation sites is 1. The fourth-order valence-corrected chi connectivity index (χ4v) is 1.51. The zero-order valence-electron chi connectivity index (χ0n) is 11.6. The van der Waals surface area contributed by atoms with E-state index in [9.17, 15) is 8.78 Å². The van der Waals surface area contributed by atoms with Crippen LogP contribution in [-0.2, 0) is 0 Å². The molecule has 112 valence electrons. The van der Waals surface area contributed by atoms with Crippen molar-refractivity contribution in [2.75, 3.05) is 11.1 Å². The molecule has 0 atom stereocenters. The molecule has 0 spiro atoms. The molecule has 0 aliphatic carbocycles. The maximum absolute atomic E-state index is 12.5. The first kappa shape index (κ1) is 15.4. The molecule has 0 unspecified atom stereocenters. The summed E-state index contributed by atoms with van der Waals surface area (Å²) in [6.45, 7) is 0. The van der Waals surface area contributed by atoms with Crippen LogP contribution in [0.5, 0.6) is 0 Å². The van der Waals surface area contributed by atoms with Crippen molar-refractivity contribution >= 4 is 17.3 Å². The quantitative estimate of drug-likeness (QED) is 0.756. The lowest BCUT2D eigenvalue weighted by Gasteiger charge is -2.03. The van der Waals surface area contributed by atoms with E-state index in [0.29, 0.717) is 11.6 Å². The highest BCUT2D eigenvalue weighted by atomic mass is 19.1. The molecule has 22 heavy (non-hydrogen) atoms. The lowest BCUT2D eigenvalue weighted by atomic mass is 10.3. The summed E-state index contributed by atoms with van der Waals surface area (Å²) < 4.78 is 24.5. The van der Waals surface area contributed by atoms with Gasteiger partial charge < -0.3 is 11.1 Å². The molecular formula is C16H14F2N4. The van der Waals surface area contributed by atoms with Gasteiger partial charge in [0.15, 0.2) is 0 Å². The lowest BCUT2D eigenvalue weighted by molar-refractivity contribution is 0.621. The number of rotatable bonds is 2. The maximum Gasteiger partial charge on any atom is 0.141 e. The Labute approximate surface area is 126 Å². The van der Waals surface area contributed by atoms with E-state index in [2.05, 4.69) is 15.3 Å². The van der Waals surface area contributed by atoms with E-state index in [0.717, 1.165) is 11.9 Å². The second kappa shape index (κ2) is 7.68. The Morgan fingerprint density at radius 3 is 1.91 bits per heavy atom. The predicted octanol–water partition coefficient (Wildman–Crippen LogP) is 3.77. The molecule has 0 bridgehead atoms. The van der Waals surface area contributed by atoms with Crippen LogP contribution in [0.15, 0.2) is 67.0 Å². The van der Waals surface area contributed by atoms with Gasteiger partial charge >= 0.3 is 0 Å². The van der Waals surface area contributed by atoms with Gasteiger partial charge in [-0.1, -0.05) is 18.2 Å². The van der Waals surface area contributed by atoms with Crippen molar-refractivity contribution in [3.63, 3.8) is 0 Å². The third kappa shape index (κ3) is 5.16. The first-order valence-electron chi connectivity index (χ1n) is 6.44. The first-order valence-corrected chi connectivity index (χ1v) is 6.44. The largest absolute Gasteiger partial charge is 0.384 e. The summed E-state index contributed by atoms with van der Waals surface area (Å²) in [6, 6.07) is 15.3. The van der Waals surface area contributed by atoms with E-state index in [1.165, 1.54) is 24.4 Å². The number of hydrogen-bond acceptors (Lipinski definition) is 4. The normalized spacial score (nSPS) is 9.55. The summed E-state index contributed by atoms with van der Waals surface area (Å²) in [5.41, 5.74) is 6.09. The molecule has 0 fully saturated rings. The van der Waals surface area contributed by atoms with E-state index in [4.69, 9.17) is 5.73 Å². The molecule has 6 heteroatoms. The second-order valence-corrected chi connectivity index (χ2v) is 4.25. The molecule has 0 aliphatic heterocycles. The minimum Gasteiger partial charge on any atom is -0.384 e. The van der Waals surface area contributed by atoms with Crippen molar-refractivity contribution in [2.24, 2.45) is 0 Å². The van der Waals surface area contributed by atoms with Crippen molar-refractivity contribution in [2.45, 2.75) is 0 Å². The Morgan fingerprint density at radius 1 is 0.773 bits per heavy atom. The minimum absolute atomic E-state index is 0.330. The van der Waals surface area contributed by atoms with Crippen LogP contribution in [0.25, 0.3) is 0 Å². The Morgan fingerprint density at radius 2 is 1.41 bits per heavy atom. The van der Waals surface area contributed by atoms with Crippen molar-refractivity contribution in [1.82, 2.24) is 9.97 Å². The Balaban J connectivity index is 0.000000188. The SMILES string of the molecule is Fc1ccc(Nc2ccccc2)nc1.Nc1ccc(F)cn1. The van der Waals surface area contributed by atoms with Crippen molar-refractivity contribution in [3.05, 3.63) is 78.6 Å². The lowest BCUT2D eigenvalue weighted by Crippen LogP contribution is -1.92. The summed E-state index contributed by atoms with van der Waals surface area (Å²) in [5, 5.41) is 3.05. The molecule has 0 aliphatic rings. The van der Waals surface area contributed by atoms with E-state index in [-0.39, 0.29) is 11.6 Å². The highest BCUT2D eigenvalue weighted by Gasteiger charge is 1.94. The third-order valence-corrected chi connectivity index (χ3v) is 2.52. The van der Waals surface area contributed by atoms with Crippen LogP contribution in [-0.4, -0.2) is 9.97 Å². The van der Waals surface area contributed by atoms with E-state index in [1.807, 2.05) is 30.3 Å². The van der Waals surface area contributed by atoms with Crippen LogP contribution >= 0.6 is 0 Å². The molecular weight excluding hydrogens is 286 g/mol. The number of nitrogens with one attached hydrogen (secondary N) is 1. The third-order valence-electron chi connectivity index (χ3n) is 2.52. The zero-order valence-corrected chi connectivity index (χ0v) is 11.6. The second-order valence-electron chi connectivity index (χ2n) is 4.25. The van der Waals surface area contributed by atoms with Gasteiger partial charge in [-0.2, -0.15) is 0 Å². The average molecular weight is 300 g/mol. The predicted molar refractivity (Wildman–Crippen MR) is 82.5 cm³/mol. The maximum atomic E-state index is 12.5. The van der Waals surface area contributed by atoms with Crippen molar-refractivity contribution in [1.29, 1.82) is 0 Å². The fraction of sp³-hybridized carbons (Fsp3) is 0. The topological polar surface area (TPSA) is 63.8 Å². The standard InChI is InChI=1S/C11H9FN2.C5H5FN2/c12-9-6-7-11(13-8-9)14-10-4-2-1-3-5-10;6-4-1-2-5(7)8-3-4/h1-8H,(H,13,14);1-3H,(H2,7,8). The number of pyridine rings is 2. The molecule has 3 rings (SSSR count). The molecule has 3 aromatic rings. The molecule has 0 saturated carbocycles. The molecule has 0 radical (unpaired) electrons. The van der Waals surface area contributed by atoms with Crippen LogP contribution < -0.4 is 11.1 Å². The highest BCUT2D eigenvalue weighted by Crippen LogP contribution is 2.13. The van der Waals surface area contributed by atoms with Gasteiger partial charge in [-0.15, -0.1) is 0 Å². The minimum atomic E-state index is -0.362. The van der Waals surface area contributed by atoms with Gasteiger partial charge in [-0.25, -0.2) is 18.7 Å². The number of nitrogen functional groups attached to an aromatic ring is 1. The smallest absolute Gasteiger partial charge is 0.141 e. The van der Waals surface area contributed by atoms with Gasteiger partial charge in [0, 0.05) is 5.69 Å². The molecule has 0 saturated heterocycles. The van der Waals surface area contributed by atoms with Gasteiger partial charge in [0.1, 0.15) is 23.3 Å². The van der Waals surface area contributed by atoms with Crippen LogP contribution in [0.1, 0.15) is 0 Å². The molecule has 3 N–H and O–H groups in total. The summed E-state index contributed by atoms with van der Waals surface area (Å²) in [7, 11) is 0. The van der Waals surface area contributed by atoms with Gasteiger partial charge in [0.05, 0.1) is 12.4 Å². The van der Waals surface area contributed by atoms with E-state index in [1.54, 1.807) is 6.07 Å². The molecule has 2 heterocycles. The Kier molecular flexibility index (Phi) is 5.37. The number of nitrogens with zero attached hydrogens (tertiary/aromatic N) is 2. The monoisotopic (exact) mass is 300 g/mol. The van der Waals surface area contributed by atoms with Crippen LogP contribution in [0, 0.1) is 11.6 Å². The zero-order chi connectivity index (χ0) is 15.8. The van der Waals surface area contributed by atoms with Crippen LogP contribution in [0.4, 0.5) is 26.1 Å². The number of nitrogens with two attached hydrogens (primary N) is 1. The number of benzene rings is 1. The molecule has 4 nitrogen and oxygen atoms in total. The average Bonchev–Trinajstić information content (AvgIpc) is 2.54. The Bertz CT molecular complexity index is 665. The molecule has 2 aromatic heterocycles. The van der Waals surface area contributed by atoms with Crippen molar-refractivity contribution in [3.8, 4) is 0 Å². The molecule has 0 amide bonds. The fourth-order valence-electron chi connectivity index (χ4n) is 1.51. The highest BCUT2D eigenvalue weighted by molar-refractivity contribution is 5.55. The number of halogens is 2. The first-order chi connectivity index (χ1) is 10.6. The molecule has 1 aromatic carbocycles. The number of anilines is 3. The number of aromatic nitrogens is 2. The van der Waals surface area contributed by atoms with Crippen LogP contribution in [0.3, 0.4) is 0 Å². The number of hydrogen-bond donors (Lipinski definition) is 2. The summed E-state index contributed by atoms with van der Waals surface area (Å²) in [5.74, 6) is 0.284. The van der Waals surface area contributed by atoms with Gasteiger partial charge in [0.2, 0.25) is 0 Å². The van der Waals surface area contributed by atoms with Crippen molar-refractivity contribution < 1.29 is 8.78 Å². The summed E-state index contributed by atoms with van der Waals surface area (Å²) in [4.78, 5) is 7.37. The summed E-state index contributed by atoms with van der Waals surface area (Å²) in [6.07, 6.45) is 2.26. The van der Waals surface area contributed by atoms with Gasteiger partial charge in [-0.05, 0) is 36.4 Å². The summed E-state index contributed by atoms with van der Waals surface area (Å²) >= 11 is 0. The van der Waals surface area contributed by atoms with E-state index >= 15 is 0 Å². The Hall–Kier alpha value is -3.02. The van der Waals surface area contributed by atoms with Gasteiger partial charge in [0.25, 0.3) is 0 Å².